The maximum atomic E-state index is 12.3. The van der Waals surface area contributed by atoms with Gasteiger partial charge in [-0.2, -0.15) is 5.26 Å². The van der Waals surface area contributed by atoms with Gasteiger partial charge in [-0.15, -0.1) is 0 Å². The fourth-order valence-electron chi connectivity index (χ4n) is 3.17. The molecular weight excluding hydrogens is 398 g/mol. The fraction of sp³-hybridized carbons (Fsp3) is 0.261. The van der Waals surface area contributed by atoms with E-state index in [1.807, 2.05) is 61.5 Å². The molecule has 1 atom stereocenters. The summed E-state index contributed by atoms with van der Waals surface area (Å²) in [6.07, 6.45) is 0.196. The van der Waals surface area contributed by atoms with Crippen LogP contribution < -0.4 is 15.4 Å². The summed E-state index contributed by atoms with van der Waals surface area (Å²) in [6.45, 7) is 2.92. The number of amides is 2. The number of nitrogens with one attached hydrogen (secondary N) is 2. The molecule has 154 valence electrons. The summed E-state index contributed by atoms with van der Waals surface area (Å²) in [4.78, 5) is 24.5. The Morgan fingerprint density at radius 2 is 1.97 bits per heavy atom. The second-order valence-corrected chi connectivity index (χ2v) is 7.70. The van der Waals surface area contributed by atoms with Gasteiger partial charge >= 0.3 is 0 Å². The van der Waals surface area contributed by atoms with E-state index in [1.54, 1.807) is 0 Å². The Labute approximate surface area is 180 Å². The number of nitriles is 1. The van der Waals surface area contributed by atoms with Crippen LogP contribution in [-0.2, 0) is 16.1 Å². The Morgan fingerprint density at radius 3 is 2.63 bits per heavy atom. The summed E-state index contributed by atoms with van der Waals surface area (Å²) >= 11 is 1.18. The highest BCUT2D eigenvalue weighted by molar-refractivity contribution is 8.03. The number of allylic oxidation sites excluding steroid dienone is 1. The number of hydrogen-bond acceptors (Lipinski definition) is 5. The summed E-state index contributed by atoms with van der Waals surface area (Å²) < 4.78 is 5.46. The minimum Gasteiger partial charge on any atom is -0.494 e. The first kappa shape index (κ1) is 21.5. The van der Waals surface area contributed by atoms with E-state index in [9.17, 15) is 14.9 Å². The van der Waals surface area contributed by atoms with E-state index in [0.717, 1.165) is 16.9 Å². The molecular formula is C23H23N3O3S. The summed E-state index contributed by atoms with van der Waals surface area (Å²) in [5, 5.41) is 15.8. The molecule has 0 bridgehead atoms. The predicted molar refractivity (Wildman–Crippen MR) is 116 cm³/mol. The van der Waals surface area contributed by atoms with Crippen molar-refractivity contribution in [3.05, 3.63) is 76.3 Å². The van der Waals surface area contributed by atoms with E-state index in [-0.39, 0.29) is 29.9 Å². The zero-order chi connectivity index (χ0) is 21.3. The number of rotatable bonds is 8. The number of carbonyl (C=O) groups excluding carboxylic acids is 2. The molecule has 30 heavy (non-hydrogen) atoms. The van der Waals surface area contributed by atoms with Crippen LogP contribution in [0.5, 0.6) is 5.75 Å². The molecule has 0 unspecified atom stereocenters. The minimum atomic E-state index is -0.339. The second kappa shape index (κ2) is 10.5. The monoisotopic (exact) mass is 421 g/mol. The topological polar surface area (TPSA) is 91.2 Å². The van der Waals surface area contributed by atoms with Gasteiger partial charge in [0.1, 0.15) is 5.75 Å². The first-order valence-corrected chi connectivity index (χ1v) is 10.7. The third kappa shape index (κ3) is 5.65. The number of benzene rings is 2. The predicted octanol–water partition coefficient (Wildman–Crippen LogP) is 3.47. The smallest absolute Gasteiger partial charge is 0.230 e. The van der Waals surface area contributed by atoms with Gasteiger partial charge in [0.15, 0.2) is 0 Å². The normalized spacial score (nSPS) is 15.9. The molecule has 1 heterocycles. The molecule has 0 saturated carbocycles. The molecule has 0 saturated heterocycles. The Kier molecular flexibility index (Phi) is 7.52. The second-order valence-electron chi connectivity index (χ2n) is 6.71. The fourth-order valence-corrected chi connectivity index (χ4v) is 4.07. The molecule has 2 amide bonds. The molecule has 0 fully saturated rings. The van der Waals surface area contributed by atoms with Crippen LogP contribution in [0.15, 0.2) is 65.2 Å². The van der Waals surface area contributed by atoms with Crippen LogP contribution in [-0.4, -0.2) is 24.2 Å². The van der Waals surface area contributed by atoms with Crippen LogP contribution >= 0.6 is 11.8 Å². The van der Waals surface area contributed by atoms with Crippen LogP contribution in [0, 0.1) is 11.3 Å². The van der Waals surface area contributed by atoms with Gasteiger partial charge in [-0.3, -0.25) is 9.59 Å². The van der Waals surface area contributed by atoms with Gasteiger partial charge < -0.3 is 15.4 Å². The molecule has 1 aliphatic heterocycles. The maximum absolute atomic E-state index is 12.3. The van der Waals surface area contributed by atoms with Crippen molar-refractivity contribution in [1.29, 1.82) is 5.26 Å². The number of nitrogens with zero attached hydrogens (tertiary/aromatic N) is 1. The summed E-state index contributed by atoms with van der Waals surface area (Å²) in [6, 6.07) is 19.3. The Bertz CT molecular complexity index is 965. The van der Waals surface area contributed by atoms with Crippen molar-refractivity contribution < 1.29 is 14.3 Å². The van der Waals surface area contributed by atoms with Gasteiger partial charge in [0.25, 0.3) is 0 Å². The van der Waals surface area contributed by atoms with Crippen molar-refractivity contribution in [2.45, 2.75) is 25.8 Å². The van der Waals surface area contributed by atoms with Crippen molar-refractivity contribution in [1.82, 2.24) is 10.6 Å². The first-order valence-electron chi connectivity index (χ1n) is 9.71. The molecule has 1 aliphatic rings. The number of ether oxygens (including phenoxy) is 1. The third-order valence-corrected chi connectivity index (χ3v) is 5.65. The SMILES string of the molecule is CCOc1ccc([C@@H]2CC(=O)NC(SCC(=O)NCc3ccccc3)=C2C#N)cc1. The molecule has 0 aliphatic carbocycles. The summed E-state index contributed by atoms with van der Waals surface area (Å²) in [5.41, 5.74) is 2.35. The number of hydrogen-bond donors (Lipinski definition) is 2. The van der Waals surface area contributed by atoms with Gasteiger partial charge in [-0.05, 0) is 30.2 Å². The Morgan fingerprint density at radius 1 is 1.23 bits per heavy atom. The first-order chi connectivity index (χ1) is 14.6. The lowest BCUT2D eigenvalue weighted by molar-refractivity contribution is -0.121. The van der Waals surface area contributed by atoms with Crippen LogP contribution in [0.25, 0.3) is 0 Å². The molecule has 2 N–H and O–H groups in total. The molecule has 0 spiro atoms. The standard InChI is InChI=1S/C23H23N3O3S/c1-2-29-18-10-8-17(9-11-18)19-12-21(27)26-23(20(19)13-24)30-15-22(28)25-14-16-6-4-3-5-7-16/h3-11,19H,2,12,14-15H2,1H3,(H,25,28)(H,26,27)/t19-/m0/s1. The molecule has 3 rings (SSSR count). The third-order valence-electron chi connectivity index (χ3n) is 4.63. The van der Waals surface area contributed by atoms with E-state index in [0.29, 0.717) is 23.8 Å². The van der Waals surface area contributed by atoms with E-state index in [4.69, 9.17) is 4.74 Å². The summed E-state index contributed by atoms with van der Waals surface area (Å²) in [7, 11) is 0. The highest BCUT2D eigenvalue weighted by Gasteiger charge is 2.29. The van der Waals surface area contributed by atoms with Gasteiger partial charge in [0.2, 0.25) is 11.8 Å². The van der Waals surface area contributed by atoms with E-state index < -0.39 is 0 Å². The minimum absolute atomic E-state index is 0.115. The van der Waals surface area contributed by atoms with Gasteiger partial charge in [-0.1, -0.05) is 54.2 Å². The highest BCUT2D eigenvalue weighted by Crippen LogP contribution is 2.36. The van der Waals surface area contributed by atoms with Crippen molar-refractivity contribution >= 4 is 23.6 Å². The van der Waals surface area contributed by atoms with Gasteiger partial charge in [0, 0.05) is 18.9 Å². The summed E-state index contributed by atoms with van der Waals surface area (Å²) in [5.74, 6) is 0.193. The molecule has 6 nitrogen and oxygen atoms in total. The van der Waals surface area contributed by atoms with Crippen LogP contribution in [0.2, 0.25) is 0 Å². The van der Waals surface area contributed by atoms with Crippen LogP contribution in [0.4, 0.5) is 0 Å². The zero-order valence-corrected chi connectivity index (χ0v) is 17.5. The van der Waals surface area contributed by atoms with Gasteiger partial charge in [-0.25, -0.2) is 0 Å². The zero-order valence-electron chi connectivity index (χ0n) is 16.7. The molecule has 0 aromatic heterocycles. The van der Waals surface area contributed by atoms with Crippen LogP contribution in [0.1, 0.15) is 30.4 Å². The lowest BCUT2D eigenvalue weighted by Crippen LogP contribution is -2.32. The van der Waals surface area contributed by atoms with E-state index >= 15 is 0 Å². The Hall–Kier alpha value is -3.24. The molecule has 2 aromatic rings. The van der Waals surface area contributed by atoms with Crippen LogP contribution in [0.3, 0.4) is 0 Å². The quantitative estimate of drug-likeness (QED) is 0.681. The van der Waals surface area contributed by atoms with Crippen molar-refractivity contribution in [3.63, 3.8) is 0 Å². The average molecular weight is 422 g/mol. The molecule has 2 aromatic carbocycles. The lowest BCUT2D eigenvalue weighted by atomic mass is 9.87. The van der Waals surface area contributed by atoms with Gasteiger partial charge in [0.05, 0.1) is 29.0 Å². The van der Waals surface area contributed by atoms with E-state index in [1.165, 1.54) is 11.8 Å². The molecule has 0 radical (unpaired) electrons. The average Bonchev–Trinajstić information content (AvgIpc) is 2.77. The van der Waals surface area contributed by atoms with E-state index in [2.05, 4.69) is 16.7 Å². The Balaban J connectivity index is 1.67. The maximum Gasteiger partial charge on any atom is 0.230 e. The van der Waals surface area contributed by atoms with Crippen molar-refractivity contribution in [2.75, 3.05) is 12.4 Å². The van der Waals surface area contributed by atoms with Crippen molar-refractivity contribution in [3.8, 4) is 11.8 Å². The van der Waals surface area contributed by atoms with Crippen molar-refractivity contribution in [2.24, 2.45) is 0 Å². The largest absolute Gasteiger partial charge is 0.494 e. The highest BCUT2D eigenvalue weighted by atomic mass is 32.2. The lowest BCUT2D eigenvalue weighted by Gasteiger charge is -2.25. The number of carbonyl (C=O) groups is 2. The molecule has 7 heteroatoms. The number of thioether (sulfide) groups is 1.